The summed E-state index contributed by atoms with van der Waals surface area (Å²) < 4.78 is 5.46. The summed E-state index contributed by atoms with van der Waals surface area (Å²) in [5, 5.41) is 2.99. The first-order chi connectivity index (χ1) is 9.63. The number of thiocarbonyl (C=S) groups is 1. The Balaban J connectivity index is 1.75. The second-order valence-corrected chi connectivity index (χ2v) is 5.65. The van der Waals surface area contributed by atoms with Crippen molar-refractivity contribution in [3.05, 3.63) is 29.8 Å². The lowest BCUT2D eigenvalue weighted by Gasteiger charge is -2.12. The van der Waals surface area contributed by atoms with Crippen molar-refractivity contribution in [3.8, 4) is 5.75 Å². The fourth-order valence-electron chi connectivity index (χ4n) is 2.39. The van der Waals surface area contributed by atoms with Gasteiger partial charge in [-0.2, -0.15) is 0 Å². The predicted octanol–water partition coefficient (Wildman–Crippen LogP) is 1.95. The summed E-state index contributed by atoms with van der Waals surface area (Å²) in [6.45, 7) is 0.0607. The van der Waals surface area contributed by atoms with Gasteiger partial charge in [-0.25, -0.2) is 0 Å². The molecule has 0 heterocycles. The highest BCUT2D eigenvalue weighted by atomic mass is 32.1. The first kappa shape index (κ1) is 14.8. The summed E-state index contributed by atoms with van der Waals surface area (Å²) in [6, 6.07) is 7.80. The Bertz CT molecular complexity index is 467. The van der Waals surface area contributed by atoms with Gasteiger partial charge in [0, 0.05) is 12.5 Å². The zero-order valence-corrected chi connectivity index (χ0v) is 12.2. The molecule has 1 aromatic carbocycles. The lowest BCUT2D eigenvalue weighted by molar-refractivity contribution is -0.123. The quantitative estimate of drug-likeness (QED) is 0.787. The van der Waals surface area contributed by atoms with Crippen LogP contribution in [0.3, 0.4) is 0 Å². The highest BCUT2D eigenvalue weighted by molar-refractivity contribution is 7.80. The molecular weight excluding hydrogens is 272 g/mol. The lowest BCUT2D eigenvalue weighted by atomic mass is 10.1. The van der Waals surface area contributed by atoms with Crippen LogP contribution in [-0.2, 0) is 11.2 Å². The van der Waals surface area contributed by atoms with Gasteiger partial charge in [0.25, 0.3) is 5.91 Å². The van der Waals surface area contributed by atoms with E-state index in [1.54, 1.807) is 0 Å². The van der Waals surface area contributed by atoms with E-state index in [0.717, 1.165) is 18.4 Å². The number of rotatable bonds is 6. The molecular formula is C15H20N2O2S. The van der Waals surface area contributed by atoms with Crippen LogP contribution in [0.1, 0.15) is 31.2 Å². The van der Waals surface area contributed by atoms with Crippen molar-refractivity contribution < 1.29 is 9.53 Å². The summed E-state index contributed by atoms with van der Waals surface area (Å²) in [4.78, 5) is 12.2. The molecule has 1 aliphatic carbocycles. The summed E-state index contributed by atoms with van der Waals surface area (Å²) in [7, 11) is 0. The molecule has 1 aliphatic rings. The summed E-state index contributed by atoms with van der Waals surface area (Å²) in [6.07, 6.45) is 5.16. The number of hydrogen-bond donors (Lipinski definition) is 2. The molecule has 3 N–H and O–H groups in total. The smallest absolute Gasteiger partial charge is 0.258 e. The van der Waals surface area contributed by atoms with E-state index in [-0.39, 0.29) is 12.5 Å². The van der Waals surface area contributed by atoms with Crippen LogP contribution in [0.4, 0.5) is 0 Å². The Morgan fingerprint density at radius 1 is 1.30 bits per heavy atom. The summed E-state index contributed by atoms with van der Waals surface area (Å²) >= 11 is 4.86. The highest BCUT2D eigenvalue weighted by Crippen LogP contribution is 2.17. The third-order valence-corrected chi connectivity index (χ3v) is 3.54. The SMILES string of the molecule is NC(=S)Cc1ccc(OCC(=O)NC2CCCC2)cc1. The molecule has 1 fully saturated rings. The molecule has 0 radical (unpaired) electrons. The van der Waals surface area contributed by atoms with Crippen LogP contribution in [0.2, 0.25) is 0 Å². The van der Waals surface area contributed by atoms with Crippen molar-refractivity contribution in [2.45, 2.75) is 38.1 Å². The molecule has 0 bridgehead atoms. The van der Waals surface area contributed by atoms with Crippen molar-refractivity contribution in [2.75, 3.05) is 6.61 Å². The van der Waals surface area contributed by atoms with Crippen molar-refractivity contribution in [2.24, 2.45) is 5.73 Å². The molecule has 1 aromatic rings. The highest BCUT2D eigenvalue weighted by Gasteiger charge is 2.17. The van der Waals surface area contributed by atoms with E-state index in [4.69, 9.17) is 22.7 Å². The van der Waals surface area contributed by atoms with Crippen LogP contribution < -0.4 is 15.8 Å². The number of carbonyl (C=O) groups is 1. The van der Waals surface area contributed by atoms with Gasteiger partial charge in [-0.05, 0) is 30.5 Å². The summed E-state index contributed by atoms with van der Waals surface area (Å²) in [5.74, 6) is 0.627. The van der Waals surface area contributed by atoms with E-state index in [2.05, 4.69) is 5.32 Å². The fourth-order valence-corrected chi connectivity index (χ4v) is 2.56. The number of benzene rings is 1. The average molecular weight is 292 g/mol. The van der Waals surface area contributed by atoms with Crippen LogP contribution in [0.5, 0.6) is 5.75 Å². The number of carbonyl (C=O) groups excluding carboxylic acids is 1. The summed E-state index contributed by atoms with van der Waals surface area (Å²) in [5.41, 5.74) is 6.53. The van der Waals surface area contributed by atoms with Gasteiger partial charge in [-0.3, -0.25) is 4.79 Å². The fraction of sp³-hybridized carbons (Fsp3) is 0.467. The topological polar surface area (TPSA) is 64.3 Å². The maximum atomic E-state index is 11.7. The molecule has 0 saturated heterocycles. The Hall–Kier alpha value is -1.62. The number of nitrogens with one attached hydrogen (secondary N) is 1. The van der Waals surface area contributed by atoms with Gasteiger partial charge in [-0.15, -0.1) is 0 Å². The van der Waals surface area contributed by atoms with Gasteiger partial charge >= 0.3 is 0 Å². The maximum Gasteiger partial charge on any atom is 0.258 e. The monoisotopic (exact) mass is 292 g/mol. The standard InChI is InChI=1S/C15H20N2O2S/c16-14(20)9-11-5-7-13(8-6-11)19-10-15(18)17-12-3-1-2-4-12/h5-8,12H,1-4,9-10H2,(H2,16,20)(H,17,18). The molecule has 0 unspecified atom stereocenters. The third kappa shape index (κ3) is 4.81. The van der Waals surface area contributed by atoms with Crippen LogP contribution in [0, 0.1) is 0 Å². The first-order valence-electron chi connectivity index (χ1n) is 6.93. The number of ether oxygens (including phenoxy) is 1. The zero-order chi connectivity index (χ0) is 14.4. The average Bonchev–Trinajstić information content (AvgIpc) is 2.90. The van der Waals surface area contributed by atoms with Crippen LogP contribution >= 0.6 is 12.2 Å². The maximum absolute atomic E-state index is 11.7. The van der Waals surface area contributed by atoms with Crippen molar-refractivity contribution in [3.63, 3.8) is 0 Å². The molecule has 1 amide bonds. The Labute approximate surface area is 124 Å². The van der Waals surface area contributed by atoms with Crippen molar-refractivity contribution >= 4 is 23.1 Å². The minimum Gasteiger partial charge on any atom is -0.484 e. The third-order valence-electron chi connectivity index (χ3n) is 3.39. The van der Waals surface area contributed by atoms with Crippen LogP contribution in [0.25, 0.3) is 0 Å². The molecule has 0 aromatic heterocycles. The normalized spacial score (nSPS) is 15.0. The molecule has 108 valence electrons. The Morgan fingerprint density at radius 3 is 2.55 bits per heavy atom. The number of hydrogen-bond acceptors (Lipinski definition) is 3. The van der Waals surface area contributed by atoms with E-state index in [9.17, 15) is 4.79 Å². The molecule has 20 heavy (non-hydrogen) atoms. The van der Waals surface area contributed by atoms with Gasteiger partial charge in [0.05, 0.1) is 4.99 Å². The van der Waals surface area contributed by atoms with Gasteiger partial charge in [-0.1, -0.05) is 37.2 Å². The van der Waals surface area contributed by atoms with Crippen molar-refractivity contribution in [1.82, 2.24) is 5.32 Å². The van der Waals surface area contributed by atoms with E-state index >= 15 is 0 Å². The molecule has 2 rings (SSSR count). The minimum atomic E-state index is -0.0517. The number of nitrogens with two attached hydrogens (primary N) is 1. The second-order valence-electron chi connectivity index (χ2n) is 5.12. The molecule has 0 aliphatic heterocycles. The van der Waals surface area contributed by atoms with Crippen LogP contribution in [0.15, 0.2) is 24.3 Å². The van der Waals surface area contributed by atoms with Gasteiger partial charge in [0.15, 0.2) is 6.61 Å². The van der Waals surface area contributed by atoms with Crippen molar-refractivity contribution in [1.29, 1.82) is 0 Å². The molecule has 0 atom stereocenters. The Kier molecular flexibility index (Phi) is 5.35. The molecule has 0 spiro atoms. The van der Waals surface area contributed by atoms with Crippen LogP contribution in [-0.4, -0.2) is 23.5 Å². The lowest BCUT2D eigenvalue weighted by Crippen LogP contribution is -2.36. The first-order valence-corrected chi connectivity index (χ1v) is 7.34. The zero-order valence-electron chi connectivity index (χ0n) is 11.4. The Morgan fingerprint density at radius 2 is 1.95 bits per heavy atom. The minimum absolute atomic E-state index is 0.0517. The molecule has 1 saturated carbocycles. The van der Waals surface area contributed by atoms with E-state index in [0.29, 0.717) is 23.2 Å². The van der Waals surface area contributed by atoms with E-state index < -0.39 is 0 Å². The van der Waals surface area contributed by atoms with E-state index in [1.807, 2.05) is 24.3 Å². The van der Waals surface area contributed by atoms with Gasteiger partial charge in [0.2, 0.25) is 0 Å². The van der Waals surface area contributed by atoms with Gasteiger partial charge in [0.1, 0.15) is 5.75 Å². The number of amides is 1. The molecule has 4 nitrogen and oxygen atoms in total. The van der Waals surface area contributed by atoms with E-state index in [1.165, 1.54) is 12.8 Å². The second kappa shape index (κ2) is 7.24. The largest absolute Gasteiger partial charge is 0.484 e. The predicted molar refractivity (Wildman–Crippen MR) is 82.8 cm³/mol. The molecule has 5 heteroatoms. The van der Waals surface area contributed by atoms with Gasteiger partial charge < -0.3 is 15.8 Å².